The Kier molecular flexibility index (Phi) is 4.55. The quantitative estimate of drug-likeness (QED) is 0.778. The molecule has 1 atom stereocenters. The fourth-order valence-electron chi connectivity index (χ4n) is 1.96. The monoisotopic (exact) mass is 263 g/mol. The van der Waals surface area contributed by atoms with E-state index in [4.69, 9.17) is 4.74 Å². The Bertz CT molecular complexity index is 299. The summed E-state index contributed by atoms with van der Waals surface area (Å²) in [5, 5.41) is 18.5. The number of aliphatic hydroxyl groups is 2. The van der Waals surface area contributed by atoms with Gasteiger partial charge in [-0.15, -0.1) is 0 Å². The van der Waals surface area contributed by atoms with Gasteiger partial charge in [0.25, 0.3) is 0 Å². The lowest BCUT2D eigenvalue weighted by molar-refractivity contribution is -0.0703. The highest BCUT2D eigenvalue weighted by Crippen LogP contribution is 2.32. The molecule has 1 amide bonds. The zero-order valence-electron chi connectivity index (χ0n) is 11.1. The van der Waals surface area contributed by atoms with Gasteiger partial charge in [0, 0.05) is 13.1 Å². The van der Waals surface area contributed by atoms with Crippen LogP contribution in [0.2, 0.25) is 0 Å². The van der Waals surface area contributed by atoms with Crippen LogP contribution in [0.1, 0.15) is 27.2 Å². The van der Waals surface area contributed by atoms with E-state index in [1.807, 2.05) is 0 Å². The van der Waals surface area contributed by atoms with Crippen LogP contribution in [0.15, 0.2) is 0 Å². The maximum atomic E-state index is 13.8. The Labute approximate surface area is 107 Å². The van der Waals surface area contributed by atoms with E-state index in [-0.39, 0.29) is 19.5 Å². The minimum atomic E-state index is -1.31. The summed E-state index contributed by atoms with van der Waals surface area (Å²) in [4.78, 5) is 13.2. The number of halogens is 1. The van der Waals surface area contributed by atoms with Crippen LogP contribution in [-0.4, -0.2) is 59.3 Å². The van der Waals surface area contributed by atoms with Crippen LogP contribution in [0, 0.1) is 5.41 Å². The number of piperidine rings is 1. The van der Waals surface area contributed by atoms with Crippen molar-refractivity contribution in [2.45, 2.75) is 39.0 Å². The van der Waals surface area contributed by atoms with Crippen molar-refractivity contribution in [2.24, 2.45) is 5.41 Å². The largest absolute Gasteiger partial charge is 0.444 e. The lowest BCUT2D eigenvalue weighted by atomic mass is 9.80. The predicted octanol–water partition coefficient (Wildman–Crippen LogP) is 0.936. The highest BCUT2D eigenvalue weighted by Gasteiger charge is 2.45. The second-order valence-electron chi connectivity index (χ2n) is 5.84. The van der Waals surface area contributed by atoms with E-state index < -0.39 is 36.5 Å². The van der Waals surface area contributed by atoms with Crippen molar-refractivity contribution in [3.63, 3.8) is 0 Å². The number of nitrogens with zero attached hydrogens (tertiary/aromatic N) is 1. The summed E-state index contributed by atoms with van der Waals surface area (Å²) < 4.78 is 19.0. The van der Waals surface area contributed by atoms with Crippen LogP contribution in [0.5, 0.6) is 0 Å². The van der Waals surface area contributed by atoms with Gasteiger partial charge >= 0.3 is 6.09 Å². The third-order valence-corrected chi connectivity index (χ3v) is 3.10. The van der Waals surface area contributed by atoms with Gasteiger partial charge in [-0.25, -0.2) is 9.18 Å². The molecule has 0 aromatic carbocycles. The van der Waals surface area contributed by atoms with Crippen molar-refractivity contribution in [3.05, 3.63) is 0 Å². The van der Waals surface area contributed by atoms with Gasteiger partial charge in [-0.2, -0.15) is 0 Å². The van der Waals surface area contributed by atoms with Crippen molar-refractivity contribution in [1.82, 2.24) is 4.90 Å². The maximum Gasteiger partial charge on any atom is 0.410 e. The van der Waals surface area contributed by atoms with E-state index in [2.05, 4.69) is 0 Å². The normalized spacial score (nSPS) is 23.9. The highest BCUT2D eigenvalue weighted by atomic mass is 19.1. The second-order valence-corrected chi connectivity index (χ2v) is 5.84. The average molecular weight is 263 g/mol. The first-order valence-corrected chi connectivity index (χ1v) is 6.08. The van der Waals surface area contributed by atoms with Crippen LogP contribution in [0.25, 0.3) is 0 Å². The Hall–Kier alpha value is -0.880. The number of aliphatic hydroxyl groups excluding tert-OH is 2. The van der Waals surface area contributed by atoms with E-state index in [0.29, 0.717) is 0 Å². The average Bonchev–Trinajstić information content (AvgIpc) is 2.28. The Morgan fingerprint density at radius 2 is 2.00 bits per heavy atom. The first-order chi connectivity index (χ1) is 8.24. The number of hydrogen-bond donors (Lipinski definition) is 2. The van der Waals surface area contributed by atoms with E-state index in [1.54, 1.807) is 20.8 Å². The number of alkyl halides is 1. The van der Waals surface area contributed by atoms with E-state index in [1.165, 1.54) is 4.90 Å². The van der Waals surface area contributed by atoms with Gasteiger partial charge in [0.1, 0.15) is 11.8 Å². The van der Waals surface area contributed by atoms with Crippen molar-refractivity contribution < 1.29 is 24.1 Å². The molecule has 6 heteroatoms. The molecular weight excluding hydrogens is 241 g/mol. The molecule has 0 spiro atoms. The number of carbonyl (C=O) groups is 1. The zero-order valence-corrected chi connectivity index (χ0v) is 11.1. The van der Waals surface area contributed by atoms with Crippen LogP contribution in [-0.2, 0) is 4.74 Å². The van der Waals surface area contributed by atoms with Crippen LogP contribution < -0.4 is 0 Å². The molecule has 0 radical (unpaired) electrons. The molecule has 1 aliphatic rings. The summed E-state index contributed by atoms with van der Waals surface area (Å²) in [6, 6.07) is 0. The minimum Gasteiger partial charge on any atom is -0.444 e. The van der Waals surface area contributed by atoms with E-state index in [9.17, 15) is 19.4 Å². The smallest absolute Gasteiger partial charge is 0.410 e. The van der Waals surface area contributed by atoms with Gasteiger partial charge in [0.2, 0.25) is 0 Å². The maximum absolute atomic E-state index is 13.8. The fourth-order valence-corrected chi connectivity index (χ4v) is 1.96. The lowest BCUT2D eigenvalue weighted by Gasteiger charge is -2.42. The van der Waals surface area contributed by atoms with Gasteiger partial charge in [-0.05, 0) is 27.2 Å². The predicted molar refractivity (Wildman–Crippen MR) is 63.9 cm³/mol. The topological polar surface area (TPSA) is 70.0 Å². The molecule has 0 aromatic rings. The van der Waals surface area contributed by atoms with Crippen molar-refractivity contribution in [1.29, 1.82) is 0 Å². The fraction of sp³-hybridized carbons (Fsp3) is 0.917. The Balaban J connectivity index is 2.73. The number of ether oxygens (including phenoxy) is 1. The number of rotatable bonds is 2. The Morgan fingerprint density at radius 1 is 1.44 bits per heavy atom. The summed E-state index contributed by atoms with van der Waals surface area (Å²) >= 11 is 0. The lowest BCUT2D eigenvalue weighted by Crippen LogP contribution is -2.56. The molecule has 1 heterocycles. The van der Waals surface area contributed by atoms with Crippen molar-refractivity contribution in [3.8, 4) is 0 Å². The molecule has 106 valence electrons. The molecule has 18 heavy (non-hydrogen) atoms. The molecule has 0 aliphatic carbocycles. The molecule has 0 bridgehead atoms. The number of likely N-dealkylation sites (tertiary alicyclic amines) is 1. The van der Waals surface area contributed by atoms with Gasteiger partial charge in [0.15, 0.2) is 0 Å². The molecule has 1 unspecified atom stereocenters. The van der Waals surface area contributed by atoms with Gasteiger partial charge < -0.3 is 19.8 Å². The molecule has 2 N–H and O–H groups in total. The first kappa shape index (κ1) is 15.2. The van der Waals surface area contributed by atoms with Crippen LogP contribution in [0.4, 0.5) is 9.18 Å². The molecule has 1 fully saturated rings. The molecule has 1 saturated heterocycles. The van der Waals surface area contributed by atoms with E-state index >= 15 is 0 Å². The number of amides is 1. The molecule has 1 rings (SSSR count). The van der Waals surface area contributed by atoms with Gasteiger partial charge in [0.05, 0.1) is 18.6 Å². The molecule has 5 nitrogen and oxygen atoms in total. The molecule has 1 aliphatic heterocycles. The molecule has 0 saturated carbocycles. The number of hydrogen-bond acceptors (Lipinski definition) is 4. The summed E-state index contributed by atoms with van der Waals surface area (Å²) in [6.07, 6.45) is -1.76. The van der Waals surface area contributed by atoms with Crippen LogP contribution >= 0.6 is 0 Å². The molecular formula is C12H22FNO4. The summed E-state index contributed by atoms with van der Waals surface area (Å²) in [5.74, 6) is 0. The SMILES string of the molecule is CC(C)(C)OC(=O)N1CCC(F)C(CO)(CO)C1. The summed E-state index contributed by atoms with van der Waals surface area (Å²) in [6.45, 7) is 4.45. The zero-order chi connectivity index (χ0) is 14.0. The Morgan fingerprint density at radius 3 is 2.44 bits per heavy atom. The highest BCUT2D eigenvalue weighted by molar-refractivity contribution is 5.68. The van der Waals surface area contributed by atoms with E-state index in [0.717, 1.165) is 0 Å². The standard InChI is InChI=1S/C12H22FNO4/c1-11(2,3)18-10(17)14-5-4-9(13)12(6-14,7-15)8-16/h9,15-16H,4-8H2,1-3H3. The second kappa shape index (κ2) is 5.40. The van der Waals surface area contributed by atoms with Gasteiger partial charge in [-0.3, -0.25) is 0 Å². The molecule has 0 aromatic heterocycles. The summed E-state index contributed by atoms with van der Waals surface area (Å²) in [5.41, 5.74) is -1.90. The number of carbonyl (C=O) groups excluding carboxylic acids is 1. The van der Waals surface area contributed by atoms with Gasteiger partial charge in [-0.1, -0.05) is 0 Å². The summed E-state index contributed by atoms with van der Waals surface area (Å²) in [7, 11) is 0. The van der Waals surface area contributed by atoms with Crippen molar-refractivity contribution in [2.75, 3.05) is 26.3 Å². The van der Waals surface area contributed by atoms with Crippen molar-refractivity contribution >= 4 is 6.09 Å². The third kappa shape index (κ3) is 3.32. The minimum absolute atomic E-state index is 0.0317. The van der Waals surface area contributed by atoms with Crippen LogP contribution in [0.3, 0.4) is 0 Å². The third-order valence-electron chi connectivity index (χ3n) is 3.10. The first-order valence-electron chi connectivity index (χ1n) is 6.08.